The van der Waals surface area contributed by atoms with Gasteiger partial charge in [-0.25, -0.2) is 0 Å². The number of nitrogens with one attached hydrogen (secondary N) is 1. The number of carbonyl (C=O) groups is 1. The fourth-order valence-corrected chi connectivity index (χ4v) is 1.30. The van der Waals surface area contributed by atoms with E-state index in [0.29, 0.717) is 6.42 Å². The number of amides is 1. The average Bonchev–Trinajstić information content (AvgIpc) is 2.04. The van der Waals surface area contributed by atoms with Crippen LogP contribution in [-0.2, 0) is 4.79 Å². The molecule has 0 spiro atoms. The number of hydrogen-bond acceptors (Lipinski definition) is 2. The van der Waals surface area contributed by atoms with Crippen LogP contribution >= 0.6 is 0 Å². The summed E-state index contributed by atoms with van der Waals surface area (Å²) in [7, 11) is 0. The van der Waals surface area contributed by atoms with Crippen LogP contribution in [0.1, 0.15) is 32.1 Å². The monoisotopic (exact) mass is 157 g/mol. The predicted octanol–water partition coefficient (Wildman–Crippen LogP) is 0.428. The molecule has 1 amide bonds. The van der Waals surface area contributed by atoms with Crippen LogP contribution in [0.2, 0.25) is 0 Å². The van der Waals surface area contributed by atoms with Gasteiger partial charge in [0.2, 0.25) is 5.91 Å². The highest BCUT2D eigenvalue weighted by Gasteiger charge is 2.09. The Balaban J connectivity index is 2.29. The van der Waals surface area contributed by atoms with Crippen LogP contribution in [0.3, 0.4) is 0 Å². The van der Waals surface area contributed by atoms with Crippen molar-refractivity contribution in [2.45, 2.75) is 38.2 Å². The standard InChI is InChI=1S/C8H15NO2/c10-7-3-1-5-8(11)9-6-2-4-7/h7,10H,1-6H2,(H,9,11). The number of aliphatic hydroxyl groups excluding tert-OH is 1. The molecule has 3 nitrogen and oxygen atoms in total. The normalized spacial score (nSPS) is 28.1. The van der Waals surface area contributed by atoms with Gasteiger partial charge in [-0.15, -0.1) is 0 Å². The molecule has 1 fully saturated rings. The van der Waals surface area contributed by atoms with E-state index >= 15 is 0 Å². The molecule has 2 N–H and O–H groups in total. The fraction of sp³-hybridized carbons (Fsp3) is 0.875. The van der Waals surface area contributed by atoms with Crippen LogP contribution < -0.4 is 5.32 Å². The van der Waals surface area contributed by atoms with Gasteiger partial charge in [0.25, 0.3) is 0 Å². The lowest BCUT2D eigenvalue weighted by molar-refractivity contribution is -0.121. The Labute approximate surface area is 66.8 Å². The summed E-state index contributed by atoms with van der Waals surface area (Å²) in [6, 6.07) is 0. The summed E-state index contributed by atoms with van der Waals surface area (Å²) in [5.74, 6) is 0.124. The molecule has 1 rings (SSSR count). The van der Waals surface area contributed by atoms with Crippen LogP contribution in [0.25, 0.3) is 0 Å². The van der Waals surface area contributed by atoms with Crippen molar-refractivity contribution in [3.05, 3.63) is 0 Å². The Bertz CT molecular complexity index is 136. The van der Waals surface area contributed by atoms with Crippen LogP contribution in [0.5, 0.6) is 0 Å². The summed E-state index contributed by atoms with van der Waals surface area (Å²) in [6.45, 7) is 0.718. The van der Waals surface area contributed by atoms with Crippen molar-refractivity contribution in [3.8, 4) is 0 Å². The molecule has 1 saturated heterocycles. The van der Waals surface area contributed by atoms with Crippen molar-refractivity contribution in [2.75, 3.05) is 6.54 Å². The lowest BCUT2D eigenvalue weighted by Crippen LogP contribution is -2.23. The molecular weight excluding hydrogens is 142 g/mol. The molecule has 1 aliphatic heterocycles. The smallest absolute Gasteiger partial charge is 0.219 e. The van der Waals surface area contributed by atoms with E-state index in [1.54, 1.807) is 0 Å². The van der Waals surface area contributed by atoms with Gasteiger partial charge in [-0.3, -0.25) is 4.79 Å². The molecule has 64 valence electrons. The average molecular weight is 157 g/mol. The minimum absolute atomic E-state index is 0.124. The summed E-state index contributed by atoms with van der Waals surface area (Å²) in [4.78, 5) is 10.9. The van der Waals surface area contributed by atoms with Crippen molar-refractivity contribution >= 4 is 5.91 Å². The first-order valence-electron chi connectivity index (χ1n) is 4.24. The number of rotatable bonds is 0. The van der Waals surface area contributed by atoms with Gasteiger partial charge in [0, 0.05) is 13.0 Å². The lowest BCUT2D eigenvalue weighted by atomic mass is 10.1. The highest BCUT2D eigenvalue weighted by Crippen LogP contribution is 2.08. The molecule has 0 aromatic heterocycles. The van der Waals surface area contributed by atoms with Crippen molar-refractivity contribution in [3.63, 3.8) is 0 Å². The second-order valence-corrected chi connectivity index (χ2v) is 3.04. The van der Waals surface area contributed by atoms with E-state index in [9.17, 15) is 9.90 Å². The zero-order valence-corrected chi connectivity index (χ0v) is 6.68. The van der Waals surface area contributed by atoms with Gasteiger partial charge in [0.05, 0.1) is 6.10 Å². The first-order valence-corrected chi connectivity index (χ1v) is 4.24. The Morgan fingerprint density at radius 2 is 2.09 bits per heavy atom. The third-order valence-corrected chi connectivity index (χ3v) is 1.98. The van der Waals surface area contributed by atoms with Gasteiger partial charge in [-0.1, -0.05) is 0 Å². The van der Waals surface area contributed by atoms with Crippen LogP contribution in [-0.4, -0.2) is 23.7 Å². The van der Waals surface area contributed by atoms with E-state index in [4.69, 9.17) is 0 Å². The minimum Gasteiger partial charge on any atom is -0.393 e. The molecule has 0 aromatic carbocycles. The minimum atomic E-state index is -0.192. The maximum atomic E-state index is 10.9. The van der Waals surface area contributed by atoms with Crippen molar-refractivity contribution in [2.24, 2.45) is 0 Å². The van der Waals surface area contributed by atoms with Crippen LogP contribution in [0.15, 0.2) is 0 Å². The Kier molecular flexibility index (Phi) is 3.36. The van der Waals surface area contributed by atoms with E-state index in [1.807, 2.05) is 0 Å². The largest absolute Gasteiger partial charge is 0.393 e. The molecule has 1 aliphatic rings. The molecule has 1 heterocycles. The lowest BCUT2D eigenvalue weighted by Gasteiger charge is -2.05. The molecule has 1 unspecified atom stereocenters. The molecule has 0 aromatic rings. The van der Waals surface area contributed by atoms with E-state index in [1.165, 1.54) is 0 Å². The SMILES string of the molecule is O=C1CCCC(O)CCCN1. The Morgan fingerprint density at radius 1 is 1.36 bits per heavy atom. The predicted molar refractivity (Wildman–Crippen MR) is 42.1 cm³/mol. The number of aliphatic hydroxyl groups is 1. The molecule has 0 aliphatic carbocycles. The molecule has 1 atom stereocenters. The molecule has 11 heavy (non-hydrogen) atoms. The molecule has 0 bridgehead atoms. The van der Waals surface area contributed by atoms with Crippen LogP contribution in [0, 0.1) is 0 Å². The maximum Gasteiger partial charge on any atom is 0.219 e. The van der Waals surface area contributed by atoms with Gasteiger partial charge < -0.3 is 10.4 Å². The highest BCUT2D eigenvalue weighted by molar-refractivity contribution is 5.75. The molecule has 0 saturated carbocycles. The topological polar surface area (TPSA) is 49.3 Å². The Hall–Kier alpha value is -0.570. The van der Waals surface area contributed by atoms with Gasteiger partial charge in [-0.05, 0) is 25.7 Å². The van der Waals surface area contributed by atoms with E-state index < -0.39 is 0 Å². The quantitative estimate of drug-likeness (QED) is 0.535. The fourth-order valence-electron chi connectivity index (χ4n) is 1.30. The second kappa shape index (κ2) is 4.34. The first-order chi connectivity index (χ1) is 5.29. The Morgan fingerprint density at radius 3 is 2.91 bits per heavy atom. The zero-order valence-electron chi connectivity index (χ0n) is 6.68. The van der Waals surface area contributed by atoms with E-state index in [2.05, 4.69) is 5.32 Å². The third kappa shape index (κ3) is 3.37. The van der Waals surface area contributed by atoms with Crippen molar-refractivity contribution in [1.29, 1.82) is 0 Å². The van der Waals surface area contributed by atoms with Crippen LogP contribution in [0.4, 0.5) is 0 Å². The maximum absolute atomic E-state index is 10.9. The summed E-state index contributed by atoms with van der Waals surface area (Å²) >= 11 is 0. The van der Waals surface area contributed by atoms with E-state index in [0.717, 1.165) is 32.2 Å². The summed E-state index contributed by atoms with van der Waals surface area (Å²) in [5.41, 5.74) is 0. The summed E-state index contributed by atoms with van der Waals surface area (Å²) in [6.07, 6.45) is 3.67. The number of hydrogen-bond donors (Lipinski definition) is 2. The van der Waals surface area contributed by atoms with Gasteiger partial charge in [-0.2, -0.15) is 0 Å². The third-order valence-electron chi connectivity index (χ3n) is 1.98. The highest BCUT2D eigenvalue weighted by atomic mass is 16.3. The number of carbonyl (C=O) groups excluding carboxylic acids is 1. The zero-order chi connectivity index (χ0) is 8.10. The van der Waals surface area contributed by atoms with Gasteiger partial charge in [0.15, 0.2) is 0 Å². The molecule has 0 radical (unpaired) electrons. The van der Waals surface area contributed by atoms with Crippen molar-refractivity contribution in [1.82, 2.24) is 5.32 Å². The second-order valence-electron chi connectivity index (χ2n) is 3.04. The molecular formula is C8H15NO2. The summed E-state index contributed by atoms with van der Waals surface area (Å²) < 4.78 is 0. The van der Waals surface area contributed by atoms with Gasteiger partial charge in [0.1, 0.15) is 0 Å². The first kappa shape index (κ1) is 8.53. The van der Waals surface area contributed by atoms with E-state index in [-0.39, 0.29) is 12.0 Å². The van der Waals surface area contributed by atoms with Gasteiger partial charge >= 0.3 is 0 Å². The van der Waals surface area contributed by atoms with Crippen molar-refractivity contribution < 1.29 is 9.90 Å². The summed E-state index contributed by atoms with van der Waals surface area (Å²) in [5, 5.41) is 12.1. The molecule has 3 heteroatoms.